The number of carbonyl (C=O) groups excluding carboxylic acids is 1. The van der Waals surface area contributed by atoms with Crippen molar-refractivity contribution in [2.45, 2.75) is 0 Å². The quantitative estimate of drug-likeness (QED) is 0.561. The van der Waals surface area contributed by atoms with Gasteiger partial charge in [-0.25, -0.2) is 0 Å². The lowest BCUT2D eigenvalue weighted by Crippen LogP contribution is -2.28. The molecule has 0 saturated carbocycles. The molecule has 2 N–H and O–H groups in total. The van der Waals surface area contributed by atoms with Crippen LogP contribution < -0.4 is 5.32 Å². The Labute approximate surface area is 87.4 Å². The number of oxime groups is 1. The van der Waals surface area contributed by atoms with Gasteiger partial charge in [-0.2, -0.15) is 0 Å². The molecule has 15 heavy (non-hydrogen) atoms. The van der Waals surface area contributed by atoms with E-state index in [1.165, 1.54) is 20.2 Å². The predicted molar refractivity (Wildman–Crippen MR) is 55.7 cm³/mol. The molecule has 0 aliphatic carbocycles. The summed E-state index contributed by atoms with van der Waals surface area (Å²) in [4.78, 5) is 16.0. The molecule has 0 unspecified atom stereocenters. The molecule has 5 heteroatoms. The molecule has 0 bridgehead atoms. The lowest BCUT2D eigenvalue weighted by atomic mass is 10.1. The first kappa shape index (κ1) is 11.0. The molecule has 0 fully saturated rings. The summed E-state index contributed by atoms with van der Waals surface area (Å²) in [6, 6.07) is 6.42. The van der Waals surface area contributed by atoms with Gasteiger partial charge in [-0.05, 0) is 12.1 Å². The fraction of sp³-hybridized carbons (Fsp3) is 0.200. The van der Waals surface area contributed by atoms with E-state index in [4.69, 9.17) is 0 Å². The summed E-state index contributed by atoms with van der Waals surface area (Å²) in [6.07, 6.45) is 0. The van der Waals surface area contributed by atoms with E-state index < -0.39 is 5.91 Å². The van der Waals surface area contributed by atoms with Gasteiger partial charge in [0.05, 0.1) is 5.56 Å². The van der Waals surface area contributed by atoms with Crippen LogP contribution in [0.4, 0.5) is 0 Å². The van der Waals surface area contributed by atoms with Crippen LogP contribution in [-0.2, 0) is 9.63 Å². The second-order valence-corrected chi connectivity index (χ2v) is 2.72. The molecule has 0 aliphatic rings. The highest BCUT2D eigenvalue weighted by Crippen LogP contribution is 2.16. The maximum Gasteiger partial charge on any atom is 0.273 e. The maximum atomic E-state index is 11.4. The van der Waals surface area contributed by atoms with E-state index in [1.54, 1.807) is 18.2 Å². The van der Waals surface area contributed by atoms with Gasteiger partial charge in [0.2, 0.25) is 0 Å². The summed E-state index contributed by atoms with van der Waals surface area (Å²) in [6.45, 7) is 0. The number of likely N-dealkylation sites (N-methyl/N-ethyl adjacent to an activating group) is 1. The number of nitrogens with zero attached hydrogens (tertiary/aromatic N) is 1. The Morgan fingerprint density at radius 2 is 2.13 bits per heavy atom. The number of aromatic hydroxyl groups is 1. The Morgan fingerprint density at radius 1 is 1.47 bits per heavy atom. The van der Waals surface area contributed by atoms with Crippen molar-refractivity contribution in [3.63, 3.8) is 0 Å². The van der Waals surface area contributed by atoms with Crippen LogP contribution in [0.3, 0.4) is 0 Å². The molecule has 80 valence electrons. The third-order valence-corrected chi connectivity index (χ3v) is 1.78. The van der Waals surface area contributed by atoms with E-state index in [1.807, 2.05) is 0 Å². The van der Waals surface area contributed by atoms with Crippen LogP contribution in [0.15, 0.2) is 29.4 Å². The topological polar surface area (TPSA) is 70.9 Å². The van der Waals surface area contributed by atoms with E-state index in [9.17, 15) is 9.90 Å². The SMILES string of the molecule is CNC(=O)/C(=N\OC)c1ccccc1O. The van der Waals surface area contributed by atoms with Crippen molar-refractivity contribution in [3.8, 4) is 5.75 Å². The molecular formula is C10H12N2O3. The summed E-state index contributed by atoms with van der Waals surface area (Å²) in [5.41, 5.74) is 0.372. The van der Waals surface area contributed by atoms with Crippen molar-refractivity contribution in [2.24, 2.45) is 5.16 Å². The van der Waals surface area contributed by atoms with Crippen molar-refractivity contribution < 1.29 is 14.7 Å². The minimum absolute atomic E-state index is 0.0168. The normalized spacial score (nSPS) is 10.9. The Hall–Kier alpha value is -2.04. The highest BCUT2D eigenvalue weighted by molar-refractivity contribution is 6.45. The zero-order chi connectivity index (χ0) is 11.3. The minimum atomic E-state index is -0.418. The zero-order valence-corrected chi connectivity index (χ0v) is 8.52. The number of rotatable bonds is 3. The van der Waals surface area contributed by atoms with Crippen LogP contribution in [-0.4, -0.2) is 30.9 Å². The number of phenolic OH excluding ortho intramolecular Hbond substituents is 1. The first-order chi connectivity index (χ1) is 7.20. The summed E-state index contributed by atoms with van der Waals surface area (Å²) < 4.78 is 0. The lowest BCUT2D eigenvalue weighted by Gasteiger charge is -2.05. The van der Waals surface area contributed by atoms with Crippen molar-refractivity contribution >= 4 is 11.6 Å². The Balaban J connectivity index is 3.17. The zero-order valence-electron chi connectivity index (χ0n) is 8.52. The van der Waals surface area contributed by atoms with Crippen molar-refractivity contribution in [3.05, 3.63) is 29.8 Å². The molecule has 1 rings (SSSR count). The number of amides is 1. The summed E-state index contributed by atoms with van der Waals surface area (Å²) in [7, 11) is 2.82. The number of phenols is 1. The fourth-order valence-electron chi connectivity index (χ4n) is 1.10. The number of hydrogen-bond donors (Lipinski definition) is 2. The van der Waals surface area contributed by atoms with Gasteiger partial charge in [-0.15, -0.1) is 0 Å². The van der Waals surface area contributed by atoms with Gasteiger partial charge >= 0.3 is 0 Å². The van der Waals surface area contributed by atoms with Gasteiger partial charge in [0.1, 0.15) is 12.9 Å². The molecular weight excluding hydrogens is 196 g/mol. The molecule has 1 amide bonds. The smallest absolute Gasteiger partial charge is 0.273 e. The van der Waals surface area contributed by atoms with Gasteiger partial charge in [0, 0.05) is 7.05 Å². The van der Waals surface area contributed by atoms with Gasteiger partial charge in [-0.1, -0.05) is 17.3 Å². The van der Waals surface area contributed by atoms with Gasteiger partial charge in [0.15, 0.2) is 5.71 Å². The van der Waals surface area contributed by atoms with Crippen LogP contribution in [0.1, 0.15) is 5.56 Å². The monoisotopic (exact) mass is 208 g/mol. The van der Waals surface area contributed by atoms with Crippen LogP contribution in [0.5, 0.6) is 5.75 Å². The second kappa shape index (κ2) is 4.99. The molecule has 0 aromatic heterocycles. The van der Waals surface area contributed by atoms with Gasteiger partial charge in [-0.3, -0.25) is 4.79 Å². The molecule has 1 aromatic rings. The third-order valence-electron chi connectivity index (χ3n) is 1.78. The van der Waals surface area contributed by atoms with E-state index >= 15 is 0 Å². The standard InChI is InChI=1S/C10H12N2O3/c1-11-10(14)9(12-15-2)7-5-3-4-6-8(7)13/h3-6,13H,1-2H3,(H,11,14)/b12-9-. The van der Waals surface area contributed by atoms with Crippen molar-refractivity contribution in [1.29, 1.82) is 0 Å². The van der Waals surface area contributed by atoms with Gasteiger partial charge < -0.3 is 15.3 Å². The molecule has 5 nitrogen and oxygen atoms in total. The number of nitrogens with one attached hydrogen (secondary N) is 1. The van der Waals surface area contributed by atoms with Crippen molar-refractivity contribution in [1.82, 2.24) is 5.32 Å². The highest BCUT2D eigenvalue weighted by Gasteiger charge is 2.16. The number of benzene rings is 1. The van der Waals surface area contributed by atoms with E-state index in [-0.39, 0.29) is 11.5 Å². The van der Waals surface area contributed by atoms with Crippen LogP contribution >= 0.6 is 0 Å². The average Bonchev–Trinajstić information content (AvgIpc) is 2.26. The Bertz CT molecular complexity index is 388. The number of carbonyl (C=O) groups is 1. The van der Waals surface area contributed by atoms with E-state index in [2.05, 4.69) is 15.3 Å². The highest BCUT2D eigenvalue weighted by atomic mass is 16.6. The molecule has 1 aromatic carbocycles. The first-order valence-electron chi connectivity index (χ1n) is 4.32. The van der Waals surface area contributed by atoms with Crippen LogP contribution in [0.2, 0.25) is 0 Å². The molecule has 0 saturated heterocycles. The largest absolute Gasteiger partial charge is 0.507 e. The predicted octanol–water partition coefficient (Wildman–Crippen LogP) is 0.489. The fourth-order valence-corrected chi connectivity index (χ4v) is 1.10. The summed E-state index contributed by atoms with van der Waals surface area (Å²) >= 11 is 0. The molecule has 0 radical (unpaired) electrons. The average molecular weight is 208 g/mol. The number of hydrogen-bond acceptors (Lipinski definition) is 4. The molecule has 0 spiro atoms. The molecule has 0 heterocycles. The van der Waals surface area contributed by atoms with Gasteiger partial charge in [0.25, 0.3) is 5.91 Å². The van der Waals surface area contributed by atoms with E-state index in [0.29, 0.717) is 5.56 Å². The minimum Gasteiger partial charge on any atom is -0.507 e. The third kappa shape index (κ3) is 2.46. The Morgan fingerprint density at radius 3 is 2.67 bits per heavy atom. The number of para-hydroxylation sites is 1. The summed E-state index contributed by atoms with van der Waals surface area (Å²) in [5.74, 6) is -0.435. The lowest BCUT2D eigenvalue weighted by molar-refractivity contribution is -0.114. The first-order valence-corrected chi connectivity index (χ1v) is 4.32. The van der Waals surface area contributed by atoms with Crippen LogP contribution in [0.25, 0.3) is 0 Å². The summed E-state index contributed by atoms with van der Waals surface area (Å²) in [5, 5.41) is 15.5. The maximum absolute atomic E-state index is 11.4. The van der Waals surface area contributed by atoms with Crippen molar-refractivity contribution in [2.75, 3.05) is 14.2 Å². The van der Waals surface area contributed by atoms with E-state index in [0.717, 1.165) is 0 Å². The van der Waals surface area contributed by atoms with Crippen LogP contribution in [0, 0.1) is 0 Å². The second-order valence-electron chi connectivity index (χ2n) is 2.72. The molecule has 0 aliphatic heterocycles. The molecule has 0 atom stereocenters. The Kier molecular flexibility index (Phi) is 3.68.